The highest BCUT2D eigenvalue weighted by atomic mass is 16.6. The van der Waals surface area contributed by atoms with E-state index in [1.165, 1.54) is 12.1 Å². The molecule has 1 aliphatic rings. The molecule has 0 fully saturated rings. The molecule has 2 amide bonds. The first kappa shape index (κ1) is 24.6. The number of amides is 2. The molecular weight excluding hydrogens is 458 g/mol. The molecule has 3 aromatic carbocycles. The summed E-state index contributed by atoms with van der Waals surface area (Å²) in [6.07, 6.45) is 0.413. The van der Waals surface area contributed by atoms with Gasteiger partial charge in [-0.25, -0.2) is 0 Å². The lowest BCUT2D eigenvalue weighted by molar-refractivity contribution is -0.384. The third kappa shape index (κ3) is 5.59. The second kappa shape index (κ2) is 10.8. The topological polar surface area (TPSA) is 117 Å². The predicted molar refractivity (Wildman–Crippen MR) is 140 cm³/mol. The molecule has 0 atom stereocenters. The highest BCUT2D eigenvalue weighted by Gasteiger charge is 2.30. The Morgan fingerprint density at radius 3 is 2.53 bits per heavy atom. The zero-order valence-corrected chi connectivity index (χ0v) is 20.1. The Morgan fingerprint density at radius 1 is 1.03 bits per heavy atom. The second-order valence-electron chi connectivity index (χ2n) is 8.60. The maximum absolute atomic E-state index is 13.0. The summed E-state index contributed by atoms with van der Waals surface area (Å²) in [5.41, 5.74) is 4.34. The van der Waals surface area contributed by atoms with E-state index in [9.17, 15) is 19.7 Å². The summed E-state index contributed by atoms with van der Waals surface area (Å²) in [5, 5.41) is 20.8. The van der Waals surface area contributed by atoms with Crippen LogP contribution >= 0.6 is 0 Å². The zero-order chi connectivity index (χ0) is 25.7. The minimum Gasteiger partial charge on any atom is -0.354 e. The standard InChI is InChI=1S/C27H27N5O4/c1-31(2)24(33)13-14-28-17-18-7-6-10-20(15-18)29-26(19-8-4-3-5-9-19)25-22-16-21(32(35)36)11-12-23(22)30-27(25)34/h3-12,15-16,28-29H,13-14,17H2,1-2H3,(H,30,34)/b26-25-. The average Bonchev–Trinajstić information content (AvgIpc) is 3.20. The Balaban J connectivity index is 1.64. The van der Waals surface area contributed by atoms with Gasteiger partial charge >= 0.3 is 0 Å². The summed E-state index contributed by atoms with van der Waals surface area (Å²) >= 11 is 0. The van der Waals surface area contributed by atoms with Crippen LogP contribution in [0.3, 0.4) is 0 Å². The third-order valence-corrected chi connectivity index (χ3v) is 5.81. The number of rotatable bonds is 9. The number of nitro benzene ring substituents is 1. The maximum atomic E-state index is 13.0. The zero-order valence-electron chi connectivity index (χ0n) is 20.1. The van der Waals surface area contributed by atoms with Gasteiger partial charge in [0.05, 0.1) is 16.2 Å². The maximum Gasteiger partial charge on any atom is 0.270 e. The van der Waals surface area contributed by atoms with Gasteiger partial charge in [0.25, 0.3) is 11.6 Å². The van der Waals surface area contributed by atoms with Crippen LogP contribution in [0.2, 0.25) is 0 Å². The van der Waals surface area contributed by atoms with Gasteiger partial charge < -0.3 is 20.9 Å². The molecule has 9 nitrogen and oxygen atoms in total. The van der Waals surface area contributed by atoms with Crippen LogP contribution in [-0.4, -0.2) is 42.3 Å². The Kier molecular flexibility index (Phi) is 7.41. The van der Waals surface area contributed by atoms with Crippen molar-refractivity contribution in [3.05, 3.63) is 99.6 Å². The molecule has 0 saturated carbocycles. The van der Waals surface area contributed by atoms with Crippen molar-refractivity contribution in [2.45, 2.75) is 13.0 Å². The van der Waals surface area contributed by atoms with Gasteiger partial charge in [-0.15, -0.1) is 0 Å². The highest BCUT2D eigenvalue weighted by molar-refractivity contribution is 6.37. The van der Waals surface area contributed by atoms with Gasteiger partial charge in [0.2, 0.25) is 5.91 Å². The van der Waals surface area contributed by atoms with Crippen molar-refractivity contribution in [2.75, 3.05) is 31.3 Å². The van der Waals surface area contributed by atoms with E-state index in [1.807, 2.05) is 54.6 Å². The van der Waals surface area contributed by atoms with Gasteiger partial charge in [-0.2, -0.15) is 0 Å². The lowest BCUT2D eigenvalue weighted by Crippen LogP contribution is -2.26. The highest BCUT2D eigenvalue weighted by Crippen LogP contribution is 2.39. The summed E-state index contributed by atoms with van der Waals surface area (Å²) in [6.45, 7) is 1.13. The van der Waals surface area contributed by atoms with Crippen molar-refractivity contribution in [3.8, 4) is 0 Å². The van der Waals surface area contributed by atoms with E-state index in [0.717, 1.165) is 16.8 Å². The van der Waals surface area contributed by atoms with E-state index in [1.54, 1.807) is 25.1 Å². The van der Waals surface area contributed by atoms with E-state index in [2.05, 4.69) is 16.0 Å². The monoisotopic (exact) mass is 485 g/mol. The molecule has 36 heavy (non-hydrogen) atoms. The summed E-state index contributed by atoms with van der Waals surface area (Å²) in [6, 6.07) is 21.5. The molecule has 3 N–H and O–H groups in total. The minimum absolute atomic E-state index is 0.0624. The van der Waals surface area contributed by atoms with Gasteiger partial charge in [-0.1, -0.05) is 42.5 Å². The second-order valence-corrected chi connectivity index (χ2v) is 8.60. The van der Waals surface area contributed by atoms with Crippen molar-refractivity contribution in [3.63, 3.8) is 0 Å². The predicted octanol–water partition coefficient (Wildman–Crippen LogP) is 4.10. The fraction of sp³-hybridized carbons (Fsp3) is 0.185. The number of nitro groups is 1. The fourth-order valence-corrected chi connectivity index (χ4v) is 3.96. The summed E-state index contributed by atoms with van der Waals surface area (Å²) in [4.78, 5) is 37.3. The number of carbonyl (C=O) groups excluding carboxylic acids is 2. The first-order valence-corrected chi connectivity index (χ1v) is 11.5. The molecule has 0 saturated heterocycles. The third-order valence-electron chi connectivity index (χ3n) is 5.81. The molecule has 1 heterocycles. The van der Waals surface area contributed by atoms with Gasteiger partial charge in [0.1, 0.15) is 0 Å². The number of hydrogen-bond acceptors (Lipinski definition) is 6. The van der Waals surface area contributed by atoms with Crippen molar-refractivity contribution >= 4 is 40.1 Å². The minimum atomic E-state index is -0.473. The quantitative estimate of drug-likeness (QED) is 0.182. The van der Waals surface area contributed by atoms with Crippen LogP contribution in [0.4, 0.5) is 17.1 Å². The Bertz CT molecular complexity index is 1340. The van der Waals surface area contributed by atoms with Crippen molar-refractivity contribution in [2.24, 2.45) is 0 Å². The molecule has 0 radical (unpaired) electrons. The summed E-state index contributed by atoms with van der Waals surface area (Å²) in [7, 11) is 3.47. The number of nitrogens with one attached hydrogen (secondary N) is 3. The van der Waals surface area contributed by atoms with Gasteiger partial charge in [-0.05, 0) is 29.3 Å². The van der Waals surface area contributed by atoms with Gasteiger partial charge in [0, 0.05) is 62.7 Å². The summed E-state index contributed by atoms with van der Waals surface area (Å²) < 4.78 is 0. The summed E-state index contributed by atoms with van der Waals surface area (Å²) in [5.74, 6) is -0.271. The molecule has 3 aromatic rings. The molecule has 0 bridgehead atoms. The van der Waals surface area contributed by atoms with Crippen LogP contribution in [0.15, 0.2) is 72.8 Å². The fourth-order valence-electron chi connectivity index (χ4n) is 3.96. The van der Waals surface area contributed by atoms with Crippen LogP contribution in [0.1, 0.15) is 23.1 Å². The van der Waals surface area contributed by atoms with Crippen LogP contribution in [0.25, 0.3) is 11.3 Å². The van der Waals surface area contributed by atoms with Crippen molar-refractivity contribution in [1.82, 2.24) is 10.2 Å². The molecule has 0 aromatic heterocycles. The molecule has 0 spiro atoms. The number of anilines is 2. The van der Waals surface area contributed by atoms with E-state index in [0.29, 0.717) is 42.0 Å². The van der Waals surface area contributed by atoms with Crippen LogP contribution < -0.4 is 16.0 Å². The average molecular weight is 486 g/mol. The molecule has 1 aliphatic heterocycles. The van der Waals surface area contributed by atoms with E-state index in [4.69, 9.17) is 0 Å². The molecule has 9 heteroatoms. The van der Waals surface area contributed by atoms with Crippen LogP contribution in [-0.2, 0) is 16.1 Å². The SMILES string of the molecule is CN(C)C(=O)CCNCc1cccc(N/C(=C2\C(=O)Nc3ccc([N+](=O)[O-])cc32)c2ccccc2)c1. The Hall–Kier alpha value is -4.50. The van der Waals surface area contributed by atoms with Gasteiger partial charge in [0.15, 0.2) is 0 Å². The number of hydrogen-bond donors (Lipinski definition) is 3. The molecular formula is C27H27N5O4. The van der Waals surface area contributed by atoms with Gasteiger partial charge in [-0.3, -0.25) is 19.7 Å². The molecule has 4 rings (SSSR count). The number of carbonyl (C=O) groups is 2. The molecule has 184 valence electrons. The lowest BCUT2D eigenvalue weighted by Gasteiger charge is -2.16. The lowest BCUT2D eigenvalue weighted by atomic mass is 9.99. The number of nitrogens with zero attached hydrogens (tertiary/aromatic N) is 2. The Morgan fingerprint density at radius 2 is 1.81 bits per heavy atom. The van der Waals surface area contributed by atoms with E-state index >= 15 is 0 Å². The first-order chi connectivity index (χ1) is 17.3. The Labute approximate surface area is 209 Å². The largest absolute Gasteiger partial charge is 0.354 e. The smallest absolute Gasteiger partial charge is 0.270 e. The first-order valence-electron chi connectivity index (χ1n) is 11.5. The number of benzene rings is 3. The molecule has 0 unspecified atom stereocenters. The van der Waals surface area contributed by atoms with E-state index < -0.39 is 4.92 Å². The van der Waals surface area contributed by atoms with Crippen molar-refractivity contribution < 1.29 is 14.5 Å². The normalized spacial score (nSPS) is 13.6. The number of fused-ring (bicyclic) bond motifs is 1. The van der Waals surface area contributed by atoms with E-state index in [-0.39, 0.29) is 17.5 Å². The molecule has 0 aliphatic carbocycles. The van der Waals surface area contributed by atoms with Crippen LogP contribution in [0, 0.1) is 10.1 Å². The van der Waals surface area contributed by atoms with Crippen molar-refractivity contribution in [1.29, 1.82) is 0 Å². The van der Waals surface area contributed by atoms with Crippen LogP contribution in [0.5, 0.6) is 0 Å². The number of non-ortho nitro benzene ring substituents is 1.